The molecule has 2 aromatic rings. The lowest BCUT2D eigenvalue weighted by Crippen LogP contribution is -2.32. The van der Waals surface area contributed by atoms with E-state index in [-0.39, 0.29) is 5.41 Å². The first kappa shape index (κ1) is 15.3. The summed E-state index contributed by atoms with van der Waals surface area (Å²) in [6, 6.07) is 6.33. The summed E-state index contributed by atoms with van der Waals surface area (Å²) in [5.41, 5.74) is 3.64. The van der Waals surface area contributed by atoms with Crippen LogP contribution in [0.1, 0.15) is 25.2 Å². The normalized spacial score (nSPS) is 12.6. The molecule has 3 nitrogen and oxygen atoms in total. The van der Waals surface area contributed by atoms with Crippen molar-refractivity contribution in [3.8, 4) is 0 Å². The molecule has 0 bridgehead atoms. The molecule has 1 aromatic carbocycles. The van der Waals surface area contributed by atoms with Gasteiger partial charge in [0.25, 0.3) is 0 Å². The quantitative estimate of drug-likeness (QED) is 0.784. The molecule has 0 amide bonds. The summed E-state index contributed by atoms with van der Waals surface area (Å²) in [5.74, 6) is 1.41. The van der Waals surface area contributed by atoms with Crippen LogP contribution in [-0.4, -0.2) is 35.1 Å². The molecule has 1 heterocycles. The summed E-state index contributed by atoms with van der Waals surface area (Å²) in [4.78, 5) is 6.94. The summed E-state index contributed by atoms with van der Waals surface area (Å²) in [6.45, 7) is 8.62. The van der Waals surface area contributed by atoms with Gasteiger partial charge in [0, 0.05) is 13.1 Å². The van der Waals surface area contributed by atoms with Crippen molar-refractivity contribution in [1.82, 2.24) is 14.5 Å². The highest BCUT2D eigenvalue weighted by molar-refractivity contribution is 6.16. The van der Waals surface area contributed by atoms with Gasteiger partial charge in [-0.25, -0.2) is 4.98 Å². The number of rotatable bonds is 5. The molecule has 0 saturated carbocycles. The van der Waals surface area contributed by atoms with Crippen molar-refractivity contribution in [3.05, 3.63) is 29.6 Å². The van der Waals surface area contributed by atoms with Gasteiger partial charge in [-0.2, -0.15) is 0 Å². The molecular weight excluding hydrogens is 270 g/mol. The average Bonchev–Trinajstić information content (AvgIpc) is 2.67. The summed E-state index contributed by atoms with van der Waals surface area (Å²) < 4.78 is 2.28. The van der Waals surface area contributed by atoms with Gasteiger partial charge in [0.15, 0.2) is 0 Å². The Morgan fingerprint density at radius 3 is 2.60 bits per heavy atom. The Kier molecular flexibility index (Phi) is 4.40. The van der Waals surface area contributed by atoms with Crippen LogP contribution in [-0.2, 0) is 12.4 Å². The molecule has 2 rings (SSSR count). The van der Waals surface area contributed by atoms with Crippen molar-refractivity contribution in [1.29, 1.82) is 0 Å². The number of aryl methyl sites for hydroxylation is 1. The second kappa shape index (κ2) is 5.74. The molecule has 0 aliphatic carbocycles. The first-order chi connectivity index (χ1) is 9.34. The zero-order valence-electron chi connectivity index (χ0n) is 13.1. The van der Waals surface area contributed by atoms with Crippen molar-refractivity contribution in [2.24, 2.45) is 5.41 Å². The number of fused-ring (bicyclic) bond motifs is 1. The zero-order chi connectivity index (χ0) is 14.9. The molecule has 0 fully saturated rings. The van der Waals surface area contributed by atoms with Gasteiger partial charge in [-0.15, -0.1) is 11.6 Å². The topological polar surface area (TPSA) is 21.1 Å². The second-order valence-corrected chi connectivity index (χ2v) is 6.86. The van der Waals surface area contributed by atoms with E-state index in [2.05, 4.69) is 62.5 Å². The molecule has 110 valence electrons. The molecule has 4 heteroatoms. The molecule has 1 aromatic heterocycles. The first-order valence-electron chi connectivity index (χ1n) is 6.99. The van der Waals surface area contributed by atoms with Crippen LogP contribution in [0, 0.1) is 12.3 Å². The smallest absolute Gasteiger partial charge is 0.124 e. The van der Waals surface area contributed by atoms with E-state index < -0.39 is 0 Å². The molecular formula is C16H24ClN3. The maximum absolute atomic E-state index is 6.10. The number of imidazole rings is 1. The third-order valence-corrected chi connectivity index (χ3v) is 3.75. The minimum atomic E-state index is 0.168. The van der Waals surface area contributed by atoms with Crippen LogP contribution < -0.4 is 0 Å². The highest BCUT2D eigenvalue weighted by Gasteiger charge is 2.23. The van der Waals surface area contributed by atoms with Gasteiger partial charge in [0.1, 0.15) is 5.82 Å². The lowest BCUT2D eigenvalue weighted by molar-refractivity contribution is 0.212. The fourth-order valence-corrected chi connectivity index (χ4v) is 3.15. The summed E-state index contributed by atoms with van der Waals surface area (Å²) in [6.07, 6.45) is 0. The van der Waals surface area contributed by atoms with Crippen LogP contribution in [0.3, 0.4) is 0 Å². The standard InChI is InChI=1S/C16H24ClN3/c1-12-7-6-8-13-15(12)18-14(9-17)20(13)11-16(2,3)10-19(4)5/h6-8H,9-11H2,1-5H3. The van der Waals surface area contributed by atoms with Gasteiger partial charge in [0.05, 0.1) is 16.9 Å². The van der Waals surface area contributed by atoms with Gasteiger partial charge >= 0.3 is 0 Å². The van der Waals surface area contributed by atoms with E-state index in [0.29, 0.717) is 5.88 Å². The maximum atomic E-state index is 6.10. The third-order valence-electron chi connectivity index (χ3n) is 3.51. The van der Waals surface area contributed by atoms with Crippen LogP contribution in [0.2, 0.25) is 0 Å². The van der Waals surface area contributed by atoms with E-state index in [1.807, 2.05) is 0 Å². The minimum Gasteiger partial charge on any atom is -0.326 e. The Bertz CT molecular complexity index is 599. The zero-order valence-corrected chi connectivity index (χ0v) is 13.8. The minimum absolute atomic E-state index is 0.168. The molecule has 20 heavy (non-hydrogen) atoms. The number of benzene rings is 1. The fourth-order valence-electron chi connectivity index (χ4n) is 2.95. The van der Waals surface area contributed by atoms with E-state index in [0.717, 1.165) is 24.4 Å². The number of para-hydroxylation sites is 1. The van der Waals surface area contributed by atoms with Crippen LogP contribution in [0.4, 0.5) is 0 Å². The van der Waals surface area contributed by atoms with Gasteiger partial charge in [-0.1, -0.05) is 26.0 Å². The number of hydrogen-bond acceptors (Lipinski definition) is 2. The number of aromatic nitrogens is 2. The van der Waals surface area contributed by atoms with Crippen LogP contribution >= 0.6 is 11.6 Å². The van der Waals surface area contributed by atoms with Crippen molar-refractivity contribution >= 4 is 22.6 Å². The van der Waals surface area contributed by atoms with Crippen molar-refractivity contribution in [2.45, 2.75) is 33.2 Å². The summed E-state index contributed by atoms with van der Waals surface area (Å²) >= 11 is 6.10. The number of hydrogen-bond donors (Lipinski definition) is 0. The van der Waals surface area contributed by atoms with Gasteiger partial charge in [-0.3, -0.25) is 0 Å². The van der Waals surface area contributed by atoms with Crippen molar-refractivity contribution in [3.63, 3.8) is 0 Å². The Hall–Kier alpha value is -1.06. The van der Waals surface area contributed by atoms with Crippen LogP contribution in [0.25, 0.3) is 11.0 Å². The van der Waals surface area contributed by atoms with E-state index in [1.165, 1.54) is 11.1 Å². The molecule has 0 atom stereocenters. The van der Waals surface area contributed by atoms with E-state index in [1.54, 1.807) is 0 Å². The SMILES string of the molecule is Cc1cccc2c1nc(CCl)n2CC(C)(C)CN(C)C. The van der Waals surface area contributed by atoms with E-state index >= 15 is 0 Å². The lowest BCUT2D eigenvalue weighted by Gasteiger charge is -2.29. The number of halogens is 1. The maximum Gasteiger partial charge on any atom is 0.124 e. The molecule has 0 saturated heterocycles. The summed E-state index contributed by atoms with van der Waals surface area (Å²) in [7, 11) is 4.22. The molecule has 0 radical (unpaired) electrons. The van der Waals surface area contributed by atoms with Crippen molar-refractivity contribution < 1.29 is 0 Å². The molecule has 0 unspecified atom stereocenters. The molecule has 0 aliphatic rings. The van der Waals surface area contributed by atoms with Gasteiger partial charge in [-0.05, 0) is 38.1 Å². The van der Waals surface area contributed by atoms with E-state index in [4.69, 9.17) is 16.6 Å². The van der Waals surface area contributed by atoms with Crippen LogP contribution in [0.5, 0.6) is 0 Å². The van der Waals surface area contributed by atoms with Crippen molar-refractivity contribution in [2.75, 3.05) is 20.6 Å². The highest BCUT2D eigenvalue weighted by atomic mass is 35.5. The van der Waals surface area contributed by atoms with Gasteiger partial charge < -0.3 is 9.47 Å². The number of nitrogens with zero attached hydrogens (tertiary/aromatic N) is 3. The molecule has 0 spiro atoms. The molecule has 0 N–H and O–H groups in total. The Morgan fingerprint density at radius 1 is 1.30 bits per heavy atom. The predicted octanol–water partition coefficient (Wildman–Crippen LogP) is 3.67. The largest absolute Gasteiger partial charge is 0.326 e. The Morgan fingerprint density at radius 2 is 2.00 bits per heavy atom. The monoisotopic (exact) mass is 293 g/mol. The fraction of sp³-hybridized carbons (Fsp3) is 0.562. The lowest BCUT2D eigenvalue weighted by atomic mass is 9.92. The van der Waals surface area contributed by atoms with E-state index in [9.17, 15) is 0 Å². The Labute approximate surface area is 126 Å². The highest BCUT2D eigenvalue weighted by Crippen LogP contribution is 2.26. The van der Waals surface area contributed by atoms with Gasteiger partial charge in [0.2, 0.25) is 0 Å². The Balaban J connectivity index is 2.45. The predicted molar refractivity (Wildman–Crippen MR) is 86.4 cm³/mol. The summed E-state index contributed by atoms with van der Waals surface area (Å²) in [5, 5.41) is 0. The average molecular weight is 294 g/mol. The second-order valence-electron chi connectivity index (χ2n) is 6.59. The molecule has 0 aliphatic heterocycles. The third kappa shape index (κ3) is 3.15. The van der Waals surface area contributed by atoms with Crippen LogP contribution in [0.15, 0.2) is 18.2 Å². The first-order valence-corrected chi connectivity index (χ1v) is 7.53. The number of alkyl halides is 1.